The van der Waals surface area contributed by atoms with Gasteiger partial charge in [0.1, 0.15) is 0 Å². The Hall–Kier alpha value is -2.98. The van der Waals surface area contributed by atoms with E-state index in [1.165, 1.54) is 19.2 Å². The first-order valence-electron chi connectivity index (χ1n) is 10.3. The van der Waals surface area contributed by atoms with Crippen LogP contribution in [-0.2, 0) is 29.1 Å². The molecule has 166 valence electrons. The third-order valence-corrected chi connectivity index (χ3v) is 5.33. The van der Waals surface area contributed by atoms with Crippen LogP contribution in [0.4, 0.5) is 15.1 Å². The van der Waals surface area contributed by atoms with Crippen LogP contribution in [0.2, 0.25) is 0 Å². The summed E-state index contributed by atoms with van der Waals surface area (Å²) in [6.45, 7) is 2.62. The first-order chi connectivity index (χ1) is 15.1. The number of methoxy groups -OCH3 is 1. The summed E-state index contributed by atoms with van der Waals surface area (Å²) in [5, 5.41) is 7.61. The van der Waals surface area contributed by atoms with Crippen LogP contribution in [0.15, 0.2) is 24.4 Å². The van der Waals surface area contributed by atoms with Gasteiger partial charge in [-0.3, -0.25) is 0 Å². The molecule has 1 aromatic carbocycles. The van der Waals surface area contributed by atoms with Gasteiger partial charge < -0.3 is 24.9 Å². The molecule has 2 aliphatic heterocycles. The molecule has 0 radical (unpaired) electrons. The Morgan fingerprint density at radius 3 is 3.00 bits per heavy atom. The number of ether oxygens (including phenoxy) is 2. The van der Waals surface area contributed by atoms with Crippen LogP contribution < -0.4 is 15.4 Å². The second-order valence-electron chi connectivity index (χ2n) is 7.51. The number of nitrogens with one attached hydrogen (secondary N) is 2. The second kappa shape index (κ2) is 9.88. The van der Waals surface area contributed by atoms with E-state index in [0.717, 1.165) is 37.3 Å². The minimum Gasteiger partial charge on any atom is -0.494 e. The standard InChI is InChI=1S/C21H26FN5O4/c1-29-19-10-14(2-3-17(19)22)11-24-21(28)31-27-7-4-15-12-23-20(26-18(15)13-27)25-16-5-8-30-9-6-16/h2-3,10,12,16H,4-9,11,13H2,1H3,(H,24,28)(H,23,25,26). The molecule has 9 nitrogen and oxygen atoms in total. The van der Waals surface area contributed by atoms with Gasteiger partial charge in [-0.05, 0) is 42.5 Å². The number of carbonyl (C=O) groups is 1. The predicted molar refractivity (Wildman–Crippen MR) is 110 cm³/mol. The van der Waals surface area contributed by atoms with Gasteiger partial charge in [0.2, 0.25) is 5.95 Å². The van der Waals surface area contributed by atoms with Crippen LogP contribution in [0.25, 0.3) is 0 Å². The van der Waals surface area contributed by atoms with Crippen molar-refractivity contribution in [3.05, 3.63) is 47.0 Å². The molecular weight excluding hydrogens is 405 g/mol. The molecule has 31 heavy (non-hydrogen) atoms. The van der Waals surface area contributed by atoms with Gasteiger partial charge in [-0.2, -0.15) is 0 Å². The molecule has 1 aromatic heterocycles. The van der Waals surface area contributed by atoms with E-state index in [2.05, 4.69) is 20.6 Å². The van der Waals surface area contributed by atoms with Crippen molar-refractivity contribution < 1.29 is 23.5 Å². The molecule has 2 N–H and O–H groups in total. The monoisotopic (exact) mass is 431 g/mol. The SMILES string of the molecule is COc1cc(CNC(=O)ON2CCc3cnc(NC4CCOCC4)nc3C2)ccc1F. The smallest absolute Gasteiger partial charge is 0.426 e. The molecule has 4 rings (SSSR count). The summed E-state index contributed by atoms with van der Waals surface area (Å²) in [5.74, 6) is 0.265. The molecule has 0 unspecified atom stereocenters. The first-order valence-corrected chi connectivity index (χ1v) is 10.3. The molecule has 3 heterocycles. The highest BCUT2D eigenvalue weighted by molar-refractivity contribution is 5.66. The van der Waals surface area contributed by atoms with Crippen LogP contribution in [-0.4, -0.2) is 54.0 Å². The van der Waals surface area contributed by atoms with E-state index in [-0.39, 0.29) is 12.3 Å². The fraction of sp³-hybridized carbons (Fsp3) is 0.476. The number of hydroxylamine groups is 2. The number of fused-ring (bicyclic) bond motifs is 1. The molecule has 0 atom stereocenters. The number of carbonyl (C=O) groups excluding carboxylic acids is 1. The van der Waals surface area contributed by atoms with Crippen LogP contribution in [0.5, 0.6) is 5.75 Å². The summed E-state index contributed by atoms with van der Waals surface area (Å²) in [6, 6.07) is 4.73. The first kappa shape index (κ1) is 21.3. The maximum absolute atomic E-state index is 13.5. The van der Waals surface area contributed by atoms with Gasteiger partial charge in [-0.25, -0.2) is 19.2 Å². The van der Waals surface area contributed by atoms with E-state index in [0.29, 0.717) is 37.1 Å². The summed E-state index contributed by atoms with van der Waals surface area (Å²) >= 11 is 0. The lowest BCUT2D eigenvalue weighted by molar-refractivity contribution is -0.112. The van der Waals surface area contributed by atoms with Gasteiger partial charge in [0.15, 0.2) is 11.6 Å². The van der Waals surface area contributed by atoms with Crippen molar-refractivity contribution in [2.24, 2.45) is 0 Å². The summed E-state index contributed by atoms with van der Waals surface area (Å²) in [5.41, 5.74) is 2.60. The summed E-state index contributed by atoms with van der Waals surface area (Å²) in [4.78, 5) is 26.7. The fourth-order valence-electron chi connectivity index (χ4n) is 3.59. The molecule has 1 fully saturated rings. The van der Waals surface area contributed by atoms with Gasteiger partial charge >= 0.3 is 6.09 Å². The Morgan fingerprint density at radius 2 is 2.19 bits per heavy atom. The van der Waals surface area contributed by atoms with E-state index in [1.54, 1.807) is 11.1 Å². The number of halogens is 1. The van der Waals surface area contributed by atoms with Gasteiger partial charge in [-0.1, -0.05) is 6.07 Å². The zero-order valence-electron chi connectivity index (χ0n) is 17.4. The Morgan fingerprint density at radius 1 is 1.35 bits per heavy atom. The van der Waals surface area contributed by atoms with Crippen molar-refractivity contribution >= 4 is 12.0 Å². The highest BCUT2D eigenvalue weighted by Crippen LogP contribution is 2.20. The molecule has 0 spiro atoms. The molecule has 0 aliphatic carbocycles. The van der Waals surface area contributed by atoms with Gasteiger partial charge in [0.05, 0.1) is 19.3 Å². The zero-order chi connectivity index (χ0) is 21.6. The lowest BCUT2D eigenvalue weighted by Crippen LogP contribution is -2.37. The lowest BCUT2D eigenvalue weighted by atomic mass is 10.1. The number of rotatable bonds is 6. The molecule has 1 saturated heterocycles. The van der Waals surface area contributed by atoms with Gasteiger partial charge in [0, 0.05) is 38.5 Å². The molecular formula is C21H26FN5O4. The number of aromatic nitrogens is 2. The van der Waals surface area contributed by atoms with E-state index >= 15 is 0 Å². The quantitative estimate of drug-likeness (QED) is 0.720. The average Bonchev–Trinajstić information content (AvgIpc) is 2.79. The summed E-state index contributed by atoms with van der Waals surface area (Å²) in [6.07, 6.45) is 3.80. The van der Waals surface area contributed by atoms with Crippen LogP contribution in [0, 0.1) is 5.82 Å². The van der Waals surface area contributed by atoms with Crippen molar-refractivity contribution in [3.8, 4) is 5.75 Å². The normalized spacial score (nSPS) is 17.0. The molecule has 10 heteroatoms. The van der Waals surface area contributed by atoms with Crippen LogP contribution >= 0.6 is 0 Å². The number of anilines is 1. The second-order valence-corrected chi connectivity index (χ2v) is 7.51. The molecule has 1 amide bonds. The number of hydrogen-bond donors (Lipinski definition) is 2. The van der Waals surface area contributed by atoms with E-state index in [4.69, 9.17) is 14.3 Å². The lowest BCUT2D eigenvalue weighted by Gasteiger charge is -2.27. The van der Waals surface area contributed by atoms with Gasteiger partial charge in [-0.15, -0.1) is 5.06 Å². The van der Waals surface area contributed by atoms with Crippen molar-refractivity contribution in [1.82, 2.24) is 20.3 Å². The van der Waals surface area contributed by atoms with Crippen molar-refractivity contribution in [2.45, 2.75) is 38.4 Å². The minimum atomic E-state index is -0.582. The van der Waals surface area contributed by atoms with E-state index in [9.17, 15) is 9.18 Å². The molecule has 2 aromatic rings. The Labute approximate surface area is 179 Å². The van der Waals surface area contributed by atoms with Crippen molar-refractivity contribution in [2.75, 3.05) is 32.2 Å². The van der Waals surface area contributed by atoms with Crippen LogP contribution in [0.1, 0.15) is 29.7 Å². The van der Waals surface area contributed by atoms with Crippen LogP contribution in [0.3, 0.4) is 0 Å². The topological polar surface area (TPSA) is 97.8 Å². The number of nitrogens with zero attached hydrogens (tertiary/aromatic N) is 3. The average molecular weight is 431 g/mol. The third-order valence-electron chi connectivity index (χ3n) is 5.33. The van der Waals surface area contributed by atoms with Crippen molar-refractivity contribution in [3.63, 3.8) is 0 Å². The maximum atomic E-state index is 13.5. The largest absolute Gasteiger partial charge is 0.494 e. The number of hydrogen-bond acceptors (Lipinski definition) is 8. The van der Waals surface area contributed by atoms with E-state index < -0.39 is 11.9 Å². The zero-order valence-corrected chi connectivity index (χ0v) is 17.4. The minimum absolute atomic E-state index is 0.130. The van der Waals surface area contributed by atoms with E-state index in [1.807, 2.05) is 6.20 Å². The van der Waals surface area contributed by atoms with Gasteiger partial charge in [0.25, 0.3) is 0 Å². The number of amides is 1. The highest BCUT2D eigenvalue weighted by atomic mass is 19.1. The Balaban J connectivity index is 1.29. The summed E-state index contributed by atoms with van der Waals surface area (Å²) in [7, 11) is 1.39. The third kappa shape index (κ3) is 5.59. The maximum Gasteiger partial charge on any atom is 0.426 e. The molecule has 2 aliphatic rings. The fourth-order valence-corrected chi connectivity index (χ4v) is 3.59. The summed E-state index contributed by atoms with van der Waals surface area (Å²) < 4.78 is 23.8. The Bertz CT molecular complexity index is 923. The highest BCUT2D eigenvalue weighted by Gasteiger charge is 2.23. The predicted octanol–water partition coefficient (Wildman–Crippen LogP) is 2.41. The molecule has 0 bridgehead atoms. The molecule has 0 saturated carbocycles. The Kier molecular flexibility index (Phi) is 6.78. The number of benzene rings is 1. The van der Waals surface area contributed by atoms with Crippen molar-refractivity contribution in [1.29, 1.82) is 0 Å².